The molecule has 3 rings (SSSR count). The summed E-state index contributed by atoms with van der Waals surface area (Å²) in [6.45, 7) is 3.63. The fraction of sp³-hybridized carbons (Fsp3) is 0.136. The molecule has 1 aliphatic rings. The summed E-state index contributed by atoms with van der Waals surface area (Å²) in [5, 5.41) is 14.7. The van der Waals surface area contributed by atoms with E-state index in [0.717, 1.165) is 5.57 Å². The molecule has 0 spiro atoms. The van der Waals surface area contributed by atoms with E-state index in [1.807, 2.05) is 19.1 Å². The van der Waals surface area contributed by atoms with Crippen LogP contribution in [-0.4, -0.2) is 17.4 Å². The summed E-state index contributed by atoms with van der Waals surface area (Å²) in [5.41, 5.74) is 1.46. The van der Waals surface area contributed by atoms with Gasteiger partial charge in [0, 0.05) is 16.8 Å². The molecule has 6 heteroatoms. The van der Waals surface area contributed by atoms with Crippen molar-refractivity contribution in [3.8, 4) is 6.07 Å². The number of allylic oxidation sites excluding steroid dienone is 2. The van der Waals surface area contributed by atoms with E-state index in [2.05, 4.69) is 10.6 Å². The predicted octanol–water partition coefficient (Wildman–Crippen LogP) is 3.46. The Labute approximate surface area is 162 Å². The third kappa shape index (κ3) is 3.69. The number of hydrogen-bond donors (Lipinski definition) is 2. The Balaban J connectivity index is 1.79. The standard InChI is InChI=1S/C22H18FN3O2/c1-14-6-11-19(25-20(27)17-5-3-4-15(12-17)13-24)22(14,2)26-21(28)16-7-9-18(23)10-8-16/h3-12H,1-2H3,(H,25,27)(H,26,28)/t22-/m1/s1. The lowest BCUT2D eigenvalue weighted by Crippen LogP contribution is -2.51. The molecular formula is C22H18FN3O2. The van der Waals surface area contributed by atoms with Crippen molar-refractivity contribution in [2.24, 2.45) is 0 Å². The zero-order valence-corrected chi connectivity index (χ0v) is 15.4. The normalized spacial score (nSPS) is 17.9. The molecule has 0 bridgehead atoms. The van der Waals surface area contributed by atoms with Gasteiger partial charge in [0.05, 0.1) is 17.2 Å². The van der Waals surface area contributed by atoms with Crippen LogP contribution >= 0.6 is 0 Å². The molecule has 1 atom stereocenters. The maximum absolute atomic E-state index is 13.1. The zero-order chi connectivity index (χ0) is 20.3. The Bertz CT molecular complexity index is 1050. The van der Waals surface area contributed by atoms with Crippen LogP contribution in [0.15, 0.2) is 72.0 Å². The van der Waals surface area contributed by atoms with Crippen molar-refractivity contribution >= 4 is 11.8 Å². The molecule has 2 aromatic rings. The summed E-state index contributed by atoms with van der Waals surface area (Å²) >= 11 is 0. The van der Waals surface area contributed by atoms with Crippen LogP contribution in [0.5, 0.6) is 0 Å². The quantitative estimate of drug-likeness (QED) is 0.859. The fourth-order valence-electron chi connectivity index (χ4n) is 2.91. The molecule has 2 amide bonds. The van der Waals surface area contributed by atoms with E-state index in [9.17, 15) is 14.0 Å². The van der Waals surface area contributed by atoms with Crippen molar-refractivity contribution in [1.29, 1.82) is 5.26 Å². The zero-order valence-electron chi connectivity index (χ0n) is 15.4. The Morgan fingerprint density at radius 2 is 1.75 bits per heavy atom. The molecule has 0 aliphatic heterocycles. The summed E-state index contributed by atoms with van der Waals surface area (Å²) in [7, 11) is 0. The highest BCUT2D eigenvalue weighted by Crippen LogP contribution is 2.30. The van der Waals surface area contributed by atoms with Crippen molar-refractivity contribution in [2.45, 2.75) is 19.4 Å². The maximum Gasteiger partial charge on any atom is 0.255 e. The Kier molecular flexibility index (Phi) is 5.10. The van der Waals surface area contributed by atoms with E-state index < -0.39 is 11.4 Å². The van der Waals surface area contributed by atoms with Gasteiger partial charge < -0.3 is 10.6 Å². The highest BCUT2D eigenvalue weighted by atomic mass is 19.1. The van der Waals surface area contributed by atoms with Gasteiger partial charge in [-0.05, 0) is 68.0 Å². The van der Waals surface area contributed by atoms with Crippen LogP contribution < -0.4 is 10.6 Å². The molecule has 0 aromatic heterocycles. The fourth-order valence-corrected chi connectivity index (χ4v) is 2.91. The van der Waals surface area contributed by atoms with Crippen LogP contribution in [0.3, 0.4) is 0 Å². The summed E-state index contributed by atoms with van der Waals surface area (Å²) in [6, 6.07) is 13.6. The average molecular weight is 375 g/mol. The minimum atomic E-state index is -0.923. The molecule has 0 fully saturated rings. The number of nitrogens with zero attached hydrogens (tertiary/aromatic N) is 1. The van der Waals surface area contributed by atoms with Crippen LogP contribution in [0, 0.1) is 17.1 Å². The van der Waals surface area contributed by atoms with E-state index in [4.69, 9.17) is 5.26 Å². The summed E-state index contributed by atoms with van der Waals surface area (Å²) in [5.74, 6) is -1.19. The third-order valence-corrected chi connectivity index (χ3v) is 4.80. The molecule has 2 N–H and O–H groups in total. The number of carbonyl (C=O) groups excluding carboxylic acids is 2. The molecule has 1 aliphatic carbocycles. The number of halogens is 1. The first-order valence-electron chi connectivity index (χ1n) is 8.62. The van der Waals surface area contributed by atoms with Gasteiger partial charge in [-0.1, -0.05) is 12.1 Å². The molecule has 0 unspecified atom stereocenters. The van der Waals surface area contributed by atoms with Crippen LogP contribution in [0.2, 0.25) is 0 Å². The SMILES string of the molecule is CC1=CC=C(NC(=O)c2cccc(C#N)c2)[C@]1(C)NC(=O)c1ccc(F)cc1. The summed E-state index contributed by atoms with van der Waals surface area (Å²) < 4.78 is 13.1. The number of benzene rings is 2. The number of rotatable bonds is 4. The number of carbonyl (C=O) groups is 2. The second-order valence-corrected chi connectivity index (χ2v) is 6.66. The predicted molar refractivity (Wildman–Crippen MR) is 103 cm³/mol. The van der Waals surface area contributed by atoms with Crippen molar-refractivity contribution < 1.29 is 14.0 Å². The van der Waals surface area contributed by atoms with Gasteiger partial charge in [-0.2, -0.15) is 5.26 Å². The molecule has 5 nitrogen and oxygen atoms in total. The molecule has 0 saturated carbocycles. The molecule has 0 radical (unpaired) electrons. The Morgan fingerprint density at radius 1 is 1.04 bits per heavy atom. The number of hydrogen-bond acceptors (Lipinski definition) is 3. The van der Waals surface area contributed by atoms with Gasteiger partial charge in [-0.15, -0.1) is 0 Å². The van der Waals surface area contributed by atoms with Gasteiger partial charge in [0.15, 0.2) is 0 Å². The monoisotopic (exact) mass is 375 g/mol. The van der Waals surface area contributed by atoms with Crippen LogP contribution in [0.25, 0.3) is 0 Å². The van der Waals surface area contributed by atoms with Gasteiger partial charge in [0.2, 0.25) is 0 Å². The lowest BCUT2D eigenvalue weighted by molar-refractivity contribution is 0.0908. The number of nitrogens with one attached hydrogen (secondary N) is 2. The van der Waals surface area contributed by atoms with Gasteiger partial charge in [0.25, 0.3) is 11.8 Å². The summed E-state index contributed by atoms with van der Waals surface area (Å²) in [6.07, 6.45) is 3.54. The third-order valence-electron chi connectivity index (χ3n) is 4.80. The van der Waals surface area contributed by atoms with Gasteiger partial charge in [0.1, 0.15) is 5.82 Å². The van der Waals surface area contributed by atoms with Crippen molar-refractivity contribution in [3.63, 3.8) is 0 Å². The number of amides is 2. The first-order valence-corrected chi connectivity index (χ1v) is 8.62. The van der Waals surface area contributed by atoms with Gasteiger partial charge >= 0.3 is 0 Å². The molecule has 0 heterocycles. The second-order valence-electron chi connectivity index (χ2n) is 6.66. The van der Waals surface area contributed by atoms with E-state index in [1.54, 1.807) is 31.2 Å². The highest BCUT2D eigenvalue weighted by molar-refractivity contribution is 5.97. The molecule has 28 heavy (non-hydrogen) atoms. The minimum Gasteiger partial charge on any atom is -0.338 e. The van der Waals surface area contributed by atoms with E-state index in [-0.39, 0.29) is 11.8 Å². The first kappa shape index (κ1) is 19.1. The molecular weight excluding hydrogens is 357 g/mol. The van der Waals surface area contributed by atoms with Gasteiger partial charge in [-0.25, -0.2) is 4.39 Å². The van der Waals surface area contributed by atoms with Gasteiger partial charge in [-0.3, -0.25) is 9.59 Å². The number of nitriles is 1. The maximum atomic E-state index is 13.1. The van der Waals surface area contributed by atoms with Crippen molar-refractivity contribution in [1.82, 2.24) is 10.6 Å². The average Bonchev–Trinajstić information content (AvgIpc) is 2.96. The van der Waals surface area contributed by atoms with Crippen LogP contribution in [0.1, 0.15) is 40.1 Å². The van der Waals surface area contributed by atoms with Crippen molar-refractivity contribution in [3.05, 3.63) is 94.5 Å². The van der Waals surface area contributed by atoms with Crippen LogP contribution in [0.4, 0.5) is 4.39 Å². The summed E-state index contributed by atoms with van der Waals surface area (Å²) in [4.78, 5) is 25.2. The van der Waals surface area contributed by atoms with Crippen LogP contribution in [-0.2, 0) is 0 Å². The second kappa shape index (κ2) is 7.49. The van der Waals surface area contributed by atoms with E-state index in [0.29, 0.717) is 22.4 Å². The molecule has 2 aromatic carbocycles. The lowest BCUT2D eigenvalue weighted by Gasteiger charge is -2.32. The largest absolute Gasteiger partial charge is 0.338 e. The molecule has 0 saturated heterocycles. The molecule has 140 valence electrons. The Hall–Kier alpha value is -3.72. The first-order chi connectivity index (χ1) is 13.3. The minimum absolute atomic E-state index is 0.315. The topological polar surface area (TPSA) is 82.0 Å². The lowest BCUT2D eigenvalue weighted by atomic mass is 9.92. The Morgan fingerprint density at radius 3 is 2.43 bits per heavy atom. The van der Waals surface area contributed by atoms with E-state index >= 15 is 0 Å². The van der Waals surface area contributed by atoms with Crippen molar-refractivity contribution in [2.75, 3.05) is 0 Å². The van der Waals surface area contributed by atoms with E-state index in [1.165, 1.54) is 30.3 Å². The highest BCUT2D eigenvalue weighted by Gasteiger charge is 2.36. The smallest absolute Gasteiger partial charge is 0.255 e.